The minimum absolute atomic E-state index is 0.239. The Balaban J connectivity index is 2.21. The predicted octanol–water partition coefficient (Wildman–Crippen LogP) is 2.19. The molecule has 1 aliphatic heterocycles. The molecule has 0 spiro atoms. The predicted molar refractivity (Wildman–Crippen MR) is 77.6 cm³/mol. The van der Waals surface area contributed by atoms with Gasteiger partial charge in [0.05, 0.1) is 11.5 Å². The van der Waals surface area contributed by atoms with E-state index in [0.29, 0.717) is 11.5 Å². The van der Waals surface area contributed by atoms with E-state index >= 15 is 0 Å². The zero-order valence-corrected chi connectivity index (χ0v) is 12.8. The van der Waals surface area contributed by atoms with Crippen LogP contribution in [0.2, 0.25) is 0 Å². The second kappa shape index (κ2) is 5.72. The molecular weight excluding hydrogens is 314 g/mol. The van der Waals surface area contributed by atoms with Crippen molar-refractivity contribution >= 4 is 25.8 Å². The Morgan fingerprint density at radius 3 is 2.56 bits per heavy atom. The Hall–Kier alpha value is -0.390. The van der Waals surface area contributed by atoms with Crippen LogP contribution in [0.4, 0.5) is 0 Å². The van der Waals surface area contributed by atoms with Crippen molar-refractivity contribution < 1.29 is 8.42 Å². The minimum atomic E-state index is -2.81. The molecule has 0 bridgehead atoms. The first-order valence-electron chi connectivity index (χ1n) is 6.12. The van der Waals surface area contributed by atoms with Crippen LogP contribution in [0.1, 0.15) is 17.9 Å². The molecule has 1 aromatic carbocycles. The summed E-state index contributed by atoms with van der Waals surface area (Å²) in [7, 11) is -0.900. The van der Waals surface area contributed by atoms with E-state index < -0.39 is 9.84 Å². The van der Waals surface area contributed by atoms with Gasteiger partial charge in [0.1, 0.15) is 0 Å². The Labute approximate surface area is 117 Å². The van der Waals surface area contributed by atoms with E-state index in [1.54, 1.807) is 0 Å². The number of benzene rings is 1. The summed E-state index contributed by atoms with van der Waals surface area (Å²) in [6, 6.07) is 8.19. The second-order valence-electron chi connectivity index (χ2n) is 4.88. The highest BCUT2D eigenvalue weighted by Crippen LogP contribution is 2.33. The fraction of sp³-hybridized carbons (Fsp3) is 0.538. The summed E-state index contributed by atoms with van der Waals surface area (Å²) in [5, 5.41) is 3.18. The van der Waals surface area contributed by atoms with Crippen LogP contribution in [0, 0.1) is 5.92 Å². The first kappa shape index (κ1) is 14.0. The van der Waals surface area contributed by atoms with Gasteiger partial charge in [-0.05, 0) is 37.1 Å². The molecule has 1 saturated heterocycles. The van der Waals surface area contributed by atoms with Crippen LogP contribution < -0.4 is 5.32 Å². The molecule has 1 aliphatic rings. The number of nitrogens with one attached hydrogen (secondary N) is 1. The highest BCUT2D eigenvalue weighted by molar-refractivity contribution is 9.10. The number of hydrogen-bond donors (Lipinski definition) is 1. The summed E-state index contributed by atoms with van der Waals surface area (Å²) in [6.07, 6.45) is 0.782. The third-order valence-electron chi connectivity index (χ3n) is 3.56. The molecule has 18 heavy (non-hydrogen) atoms. The van der Waals surface area contributed by atoms with Gasteiger partial charge >= 0.3 is 0 Å². The van der Waals surface area contributed by atoms with Crippen LogP contribution in [-0.2, 0) is 9.84 Å². The summed E-state index contributed by atoms with van der Waals surface area (Å²) < 4.78 is 24.3. The first-order chi connectivity index (χ1) is 8.52. The molecule has 2 atom stereocenters. The molecule has 1 fully saturated rings. The van der Waals surface area contributed by atoms with Gasteiger partial charge in [0.15, 0.2) is 9.84 Å². The molecule has 1 aromatic rings. The fourth-order valence-electron chi connectivity index (χ4n) is 2.63. The number of likely N-dealkylation sites (N-methyl/N-ethyl adjacent to an activating group) is 1. The molecule has 2 unspecified atom stereocenters. The van der Waals surface area contributed by atoms with Gasteiger partial charge < -0.3 is 5.32 Å². The van der Waals surface area contributed by atoms with E-state index in [0.717, 1.165) is 17.4 Å². The molecule has 3 nitrogen and oxygen atoms in total. The first-order valence-corrected chi connectivity index (χ1v) is 8.74. The Morgan fingerprint density at radius 1 is 1.39 bits per heavy atom. The lowest BCUT2D eigenvalue weighted by Gasteiger charge is -2.22. The molecule has 0 aromatic heterocycles. The molecule has 0 aliphatic carbocycles. The fourth-order valence-corrected chi connectivity index (χ4v) is 4.77. The van der Waals surface area contributed by atoms with Gasteiger partial charge in [0.25, 0.3) is 0 Å². The summed E-state index contributed by atoms with van der Waals surface area (Å²) in [4.78, 5) is 0. The van der Waals surface area contributed by atoms with Crippen LogP contribution in [0.3, 0.4) is 0 Å². The molecule has 2 rings (SSSR count). The zero-order valence-electron chi connectivity index (χ0n) is 10.4. The maximum absolute atomic E-state index is 11.6. The van der Waals surface area contributed by atoms with Gasteiger partial charge in [-0.15, -0.1) is 0 Å². The Kier molecular flexibility index (Phi) is 4.45. The van der Waals surface area contributed by atoms with Gasteiger partial charge in [-0.2, -0.15) is 0 Å². The summed E-state index contributed by atoms with van der Waals surface area (Å²) in [5.41, 5.74) is 1.22. The summed E-state index contributed by atoms with van der Waals surface area (Å²) in [5.74, 6) is 1.19. The lowest BCUT2D eigenvalue weighted by atomic mass is 9.85. The molecule has 100 valence electrons. The highest BCUT2D eigenvalue weighted by Gasteiger charge is 2.33. The largest absolute Gasteiger partial charge is 0.319 e. The third kappa shape index (κ3) is 3.33. The average Bonchev–Trinajstić information content (AvgIpc) is 2.68. The average molecular weight is 332 g/mol. The quantitative estimate of drug-likeness (QED) is 0.919. The lowest BCUT2D eigenvalue weighted by Crippen LogP contribution is -2.25. The molecule has 0 saturated carbocycles. The topological polar surface area (TPSA) is 46.2 Å². The van der Waals surface area contributed by atoms with Gasteiger partial charge in [-0.25, -0.2) is 8.42 Å². The van der Waals surface area contributed by atoms with Crippen LogP contribution in [-0.4, -0.2) is 33.5 Å². The highest BCUT2D eigenvalue weighted by atomic mass is 79.9. The molecule has 1 N–H and O–H groups in total. The van der Waals surface area contributed by atoms with Crippen LogP contribution in [0.15, 0.2) is 28.7 Å². The van der Waals surface area contributed by atoms with Gasteiger partial charge in [-0.3, -0.25) is 0 Å². The van der Waals surface area contributed by atoms with Crippen molar-refractivity contribution in [3.8, 4) is 0 Å². The van der Waals surface area contributed by atoms with Crippen molar-refractivity contribution in [2.75, 3.05) is 25.1 Å². The van der Waals surface area contributed by atoms with Crippen molar-refractivity contribution in [1.29, 1.82) is 0 Å². The zero-order chi connectivity index (χ0) is 13.2. The van der Waals surface area contributed by atoms with Gasteiger partial charge in [-0.1, -0.05) is 28.1 Å². The molecule has 1 heterocycles. The van der Waals surface area contributed by atoms with Crippen LogP contribution >= 0.6 is 15.9 Å². The molecule has 0 radical (unpaired) electrons. The molecular formula is C13H18BrNO2S. The Bertz CT molecular complexity index is 498. The third-order valence-corrected chi connectivity index (χ3v) is 5.88. The van der Waals surface area contributed by atoms with E-state index in [9.17, 15) is 8.42 Å². The maximum Gasteiger partial charge on any atom is 0.150 e. The molecule has 5 heteroatoms. The van der Waals surface area contributed by atoms with Crippen molar-refractivity contribution in [3.63, 3.8) is 0 Å². The standard InChI is InChI=1S/C13H18BrNO2S/c1-15-8-13(10-2-4-12(14)5-3-10)11-6-7-18(16,17)9-11/h2-5,11,13,15H,6-9H2,1H3. The van der Waals surface area contributed by atoms with Gasteiger partial charge in [0.2, 0.25) is 0 Å². The van der Waals surface area contributed by atoms with E-state index in [2.05, 4.69) is 33.4 Å². The summed E-state index contributed by atoms with van der Waals surface area (Å²) >= 11 is 3.42. The van der Waals surface area contributed by atoms with E-state index in [4.69, 9.17) is 0 Å². The van der Waals surface area contributed by atoms with Crippen molar-refractivity contribution in [2.24, 2.45) is 5.92 Å². The smallest absolute Gasteiger partial charge is 0.150 e. The number of rotatable bonds is 4. The number of sulfone groups is 1. The minimum Gasteiger partial charge on any atom is -0.319 e. The normalized spacial score (nSPS) is 24.0. The SMILES string of the molecule is CNCC(c1ccc(Br)cc1)C1CCS(=O)(=O)C1. The lowest BCUT2D eigenvalue weighted by molar-refractivity contribution is 0.451. The summed E-state index contributed by atoms with van der Waals surface area (Å²) in [6.45, 7) is 0.821. The van der Waals surface area contributed by atoms with Crippen LogP contribution in [0.5, 0.6) is 0 Å². The Morgan fingerprint density at radius 2 is 2.06 bits per heavy atom. The second-order valence-corrected chi connectivity index (χ2v) is 8.02. The van der Waals surface area contributed by atoms with Crippen molar-refractivity contribution in [3.05, 3.63) is 34.3 Å². The van der Waals surface area contributed by atoms with Gasteiger partial charge in [0, 0.05) is 16.9 Å². The van der Waals surface area contributed by atoms with E-state index in [-0.39, 0.29) is 11.8 Å². The monoisotopic (exact) mass is 331 g/mol. The number of hydrogen-bond acceptors (Lipinski definition) is 3. The van der Waals surface area contributed by atoms with Crippen molar-refractivity contribution in [2.45, 2.75) is 12.3 Å². The van der Waals surface area contributed by atoms with E-state index in [1.165, 1.54) is 5.56 Å². The van der Waals surface area contributed by atoms with E-state index in [1.807, 2.05) is 19.2 Å². The van der Waals surface area contributed by atoms with Crippen molar-refractivity contribution in [1.82, 2.24) is 5.32 Å². The number of halogens is 1. The maximum atomic E-state index is 11.6. The van der Waals surface area contributed by atoms with Crippen LogP contribution in [0.25, 0.3) is 0 Å². The molecule has 0 amide bonds.